The molecule has 0 aliphatic carbocycles. The van der Waals surface area contributed by atoms with Crippen LogP contribution in [0.2, 0.25) is 0 Å². The quantitative estimate of drug-likeness (QED) is 0.894. The lowest BCUT2D eigenvalue weighted by atomic mass is 9.97. The predicted molar refractivity (Wildman–Crippen MR) is 86.8 cm³/mol. The van der Waals surface area contributed by atoms with Crippen molar-refractivity contribution < 1.29 is 4.79 Å². The summed E-state index contributed by atoms with van der Waals surface area (Å²) in [5.74, 6) is 0.943. The van der Waals surface area contributed by atoms with Crippen LogP contribution in [0.4, 0.5) is 5.82 Å². The Morgan fingerprint density at radius 3 is 3.09 bits per heavy atom. The second kappa shape index (κ2) is 7.21. The summed E-state index contributed by atoms with van der Waals surface area (Å²) >= 11 is 0. The van der Waals surface area contributed by atoms with Gasteiger partial charge in [-0.2, -0.15) is 5.10 Å². The summed E-state index contributed by atoms with van der Waals surface area (Å²) < 4.78 is 1.83. The van der Waals surface area contributed by atoms with E-state index in [9.17, 15) is 4.79 Å². The van der Waals surface area contributed by atoms with E-state index in [0.717, 1.165) is 25.2 Å². The van der Waals surface area contributed by atoms with Gasteiger partial charge in [0.1, 0.15) is 5.82 Å². The van der Waals surface area contributed by atoms with Gasteiger partial charge < -0.3 is 10.2 Å². The monoisotopic (exact) mass is 314 g/mol. The number of rotatable bonds is 5. The minimum absolute atomic E-state index is 0.00849. The van der Waals surface area contributed by atoms with E-state index in [1.54, 1.807) is 24.8 Å². The molecule has 1 N–H and O–H groups in total. The molecule has 3 heterocycles. The normalized spacial score (nSPS) is 19.3. The van der Waals surface area contributed by atoms with Crippen LogP contribution in [0.3, 0.4) is 0 Å². The Labute approximate surface area is 135 Å². The summed E-state index contributed by atoms with van der Waals surface area (Å²) in [4.78, 5) is 23.1. The fourth-order valence-electron chi connectivity index (χ4n) is 2.95. The van der Waals surface area contributed by atoms with Gasteiger partial charge in [0.15, 0.2) is 0 Å². The first-order valence-electron chi connectivity index (χ1n) is 8.01. The Kier molecular flexibility index (Phi) is 4.85. The highest BCUT2D eigenvalue weighted by molar-refractivity contribution is 5.79. The summed E-state index contributed by atoms with van der Waals surface area (Å²) in [7, 11) is 0. The smallest absolute Gasteiger partial charge is 0.225 e. The average molecular weight is 314 g/mol. The molecular weight excluding hydrogens is 292 g/mol. The minimum Gasteiger partial charge on any atom is -0.355 e. The Morgan fingerprint density at radius 2 is 2.35 bits per heavy atom. The van der Waals surface area contributed by atoms with Crippen molar-refractivity contribution in [2.24, 2.45) is 5.92 Å². The molecule has 0 unspecified atom stereocenters. The van der Waals surface area contributed by atoms with E-state index < -0.39 is 0 Å². The predicted octanol–water partition coefficient (Wildman–Crippen LogP) is 1.09. The molecule has 23 heavy (non-hydrogen) atoms. The molecule has 0 radical (unpaired) electrons. The third-order valence-corrected chi connectivity index (χ3v) is 4.07. The summed E-state index contributed by atoms with van der Waals surface area (Å²) in [5.41, 5.74) is 0. The lowest BCUT2D eigenvalue weighted by Crippen LogP contribution is -2.46. The average Bonchev–Trinajstić information content (AvgIpc) is 3.08. The van der Waals surface area contributed by atoms with Crippen LogP contribution >= 0.6 is 0 Å². The third-order valence-electron chi connectivity index (χ3n) is 4.07. The zero-order valence-corrected chi connectivity index (χ0v) is 13.3. The van der Waals surface area contributed by atoms with Crippen molar-refractivity contribution in [3.8, 4) is 0 Å². The molecule has 122 valence electrons. The molecule has 0 aromatic carbocycles. The van der Waals surface area contributed by atoms with E-state index in [4.69, 9.17) is 0 Å². The van der Waals surface area contributed by atoms with E-state index in [0.29, 0.717) is 13.1 Å². The second-order valence-electron chi connectivity index (χ2n) is 5.99. The molecule has 1 fully saturated rings. The van der Waals surface area contributed by atoms with E-state index in [1.165, 1.54) is 0 Å². The molecule has 3 rings (SSSR count). The van der Waals surface area contributed by atoms with Crippen molar-refractivity contribution >= 4 is 11.7 Å². The zero-order chi connectivity index (χ0) is 16.1. The Bertz CT molecular complexity index is 615. The van der Waals surface area contributed by atoms with Crippen LogP contribution in [0.1, 0.15) is 19.8 Å². The molecular formula is C16H22N6O. The molecule has 1 amide bonds. The summed E-state index contributed by atoms with van der Waals surface area (Å²) in [5, 5.41) is 7.27. The maximum absolute atomic E-state index is 12.5. The van der Waals surface area contributed by atoms with Crippen LogP contribution in [0.15, 0.2) is 37.1 Å². The van der Waals surface area contributed by atoms with Crippen molar-refractivity contribution in [1.29, 1.82) is 0 Å². The highest BCUT2D eigenvalue weighted by atomic mass is 16.2. The van der Waals surface area contributed by atoms with Crippen LogP contribution < -0.4 is 10.2 Å². The third kappa shape index (κ3) is 4.06. The topological polar surface area (TPSA) is 75.9 Å². The minimum atomic E-state index is -0.00849. The van der Waals surface area contributed by atoms with Crippen LogP contribution in [0, 0.1) is 5.92 Å². The van der Waals surface area contributed by atoms with E-state index in [1.807, 2.05) is 23.9 Å². The van der Waals surface area contributed by atoms with Crippen LogP contribution in [-0.2, 0) is 11.3 Å². The Morgan fingerprint density at radius 1 is 1.43 bits per heavy atom. The van der Waals surface area contributed by atoms with Gasteiger partial charge in [0.05, 0.1) is 18.7 Å². The Hall–Kier alpha value is -2.44. The standard InChI is InChI=1S/C16H22N6O/c1-13(11-22-9-3-5-19-22)20-16(23)14-4-2-8-21(12-14)15-10-17-6-7-18-15/h3,5-7,9-10,13-14H,2,4,8,11-12H2,1H3,(H,20,23)/t13-,14-/m1/s1. The first kappa shape index (κ1) is 15.5. The molecule has 2 aromatic heterocycles. The van der Waals surface area contributed by atoms with E-state index in [-0.39, 0.29) is 17.9 Å². The molecule has 0 spiro atoms. The first-order chi connectivity index (χ1) is 11.2. The number of aromatic nitrogens is 4. The van der Waals surface area contributed by atoms with Crippen LogP contribution in [0.5, 0.6) is 0 Å². The first-order valence-corrected chi connectivity index (χ1v) is 8.01. The van der Waals surface area contributed by atoms with Gasteiger partial charge in [-0.1, -0.05) is 0 Å². The van der Waals surface area contributed by atoms with Gasteiger partial charge in [0.2, 0.25) is 5.91 Å². The number of hydrogen-bond donors (Lipinski definition) is 1. The van der Waals surface area contributed by atoms with Gasteiger partial charge in [-0.15, -0.1) is 0 Å². The Balaban J connectivity index is 1.54. The SMILES string of the molecule is C[C@H](Cn1cccn1)NC(=O)[C@@H]1CCCN(c2cnccn2)C1. The number of nitrogens with one attached hydrogen (secondary N) is 1. The molecule has 0 saturated carbocycles. The number of amides is 1. The van der Waals surface area contributed by atoms with E-state index >= 15 is 0 Å². The second-order valence-corrected chi connectivity index (χ2v) is 5.99. The maximum Gasteiger partial charge on any atom is 0.225 e. The largest absolute Gasteiger partial charge is 0.355 e. The van der Waals surface area contributed by atoms with Crippen molar-refractivity contribution in [2.45, 2.75) is 32.4 Å². The number of hydrogen-bond acceptors (Lipinski definition) is 5. The molecule has 0 bridgehead atoms. The fraction of sp³-hybridized carbons (Fsp3) is 0.500. The van der Waals surface area contributed by atoms with Gasteiger partial charge in [0.25, 0.3) is 0 Å². The summed E-state index contributed by atoms with van der Waals surface area (Å²) in [6.07, 6.45) is 10.6. The van der Waals surface area contributed by atoms with Gasteiger partial charge in [-0.25, -0.2) is 4.98 Å². The molecule has 1 aliphatic rings. The summed E-state index contributed by atoms with van der Waals surface area (Å²) in [6.45, 7) is 4.30. The molecule has 7 heteroatoms. The fourth-order valence-corrected chi connectivity index (χ4v) is 2.95. The van der Waals surface area contributed by atoms with Gasteiger partial charge >= 0.3 is 0 Å². The molecule has 2 atom stereocenters. The molecule has 2 aromatic rings. The zero-order valence-electron chi connectivity index (χ0n) is 13.3. The molecule has 1 saturated heterocycles. The van der Waals surface area contributed by atoms with Crippen molar-refractivity contribution in [3.63, 3.8) is 0 Å². The molecule has 1 aliphatic heterocycles. The van der Waals surface area contributed by atoms with Crippen molar-refractivity contribution in [2.75, 3.05) is 18.0 Å². The van der Waals surface area contributed by atoms with Gasteiger partial charge in [0, 0.05) is 43.9 Å². The lowest BCUT2D eigenvalue weighted by molar-refractivity contribution is -0.125. The number of nitrogens with zero attached hydrogens (tertiary/aromatic N) is 5. The lowest BCUT2D eigenvalue weighted by Gasteiger charge is -2.33. The summed E-state index contributed by atoms with van der Waals surface area (Å²) in [6, 6.07) is 1.93. The van der Waals surface area contributed by atoms with Gasteiger partial charge in [-0.3, -0.25) is 14.5 Å². The number of carbonyl (C=O) groups is 1. The number of carbonyl (C=O) groups excluding carboxylic acids is 1. The number of anilines is 1. The van der Waals surface area contributed by atoms with Gasteiger partial charge in [-0.05, 0) is 25.8 Å². The highest BCUT2D eigenvalue weighted by Crippen LogP contribution is 2.21. The molecule has 7 nitrogen and oxygen atoms in total. The van der Waals surface area contributed by atoms with Crippen molar-refractivity contribution in [1.82, 2.24) is 25.1 Å². The number of piperidine rings is 1. The van der Waals surface area contributed by atoms with Crippen LogP contribution in [-0.4, -0.2) is 44.8 Å². The maximum atomic E-state index is 12.5. The van der Waals surface area contributed by atoms with Crippen molar-refractivity contribution in [3.05, 3.63) is 37.1 Å². The van der Waals surface area contributed by atoms with Crippen LogP contribution in [0.25, 0.3) is 0 Å². The van der Waals surface area contributed by atoms with E-state index in [2.05, 4.69) is 25.3 Å². The highest BCUT2D eigenvalue weighted by Gasteiger charge is 2.27.